The number of carbonyl (C=O) groups is 3. The van der Waals surface area contributed by atoms with Gasteiger partial charge in [-0.15, -0.1) is 0 Å². The maximum Gasteiger partial charge on any atom is 0.262 e. The number of benzene rings is 1. The molecule has 3 heterocycles. The maximum absolute atomic E-state index is 12.8. The Bertz CT molecular complexity index is 979. The van der Waals surface area contributed by atoms with Crippen LogP contribution in [-0.2, 0) is 4.79 Å². The topological polar surface area (TPSA) is 90.0 Å². The lowest BCUT2D eigenvalue weighted by Crippen LogP contribution is -2.52. The zero-order chi connectivity index (χ0) is 21.4. The summed E-state index contributed by atoms with van der Waals surface area (Å²) in [6.07, 6.45) is 0. The van der Waals surface area contributed by atoms with Gasteiger partial charge in [-0.1, -0.05) is 12.1 Å². The first-order chi connectivity index (χ1) is 14.3. The first kappa shape index (κ1) is 19.8. The number of aromatic nitrogens is 2. The lowest BCUT2D eigenvalue weighted by Gasteiger charge is -2.35. The van der Waals surface area contributed by atoms with E-state index in [0.717, 1.165) is 16.4 Å². The zero-order valence-corrected chi connectivity index (χ0v) is 17.3. The Labute approximate surface area is 174 Å². The summed E-state index contributed by atoms with van der Waals surface area (Å²) in [5.74, 6) is 0.426. The Morgan fingerprint density at radius 3 is 2.17 bits per heavy atom. The van der Waals surface area contributed by atoms with E-state index >= 15 is 0 Å². The normalized spacial score (nSPS) is 16.2. The molecule has 9 heteroatoms. The van der Waals surface area contributed by atoms with Crippen molar-refractivity contribution in [2.75, 3.05) is 56.6 Å². The molecule has 0 unspecified atom stereocenters. The minimum Gasteiger partial charge on any atom is -0.363 e. The highest BCUT2D eigenvalue weighted by Gasteiger charge is 2.37. The van der Waals surface area contributed by atoms with E-state index in [1.807, 2.05) is 36.9 Å². The van der Waals surface area contributed by atoms with Crippen LogP contribution in [0.25, 0.3) is 0 Å². The van der Waals surface area contributed by atoms with Gasteiger partial charge in [-0.2, -0.15) is 4.98 Å². The van der Waals surface area contributed by atoms with E-state index in [1.165, 1.54) is 0 Å². The van der Waals surface area contributed by atoms with Crippen LogP contribution in [0.2, 0.25) is 0 Å². The Morgan fingerprint density at radius 2 is 1.60 bits per heavy atom. The number of amides is 3. The molecule has 4 rings (SSSR count). The molecule has 0 saturated carbocycles. The lowest BCUT2D eigenvalue weighted by molar-refractivity contribution is -0.131. The fourth-order valence-corrected chi connectivity index (χ4v) is 3.68. The van der Waals surface area contributed by atoms with Crippen LogP contribution >= 0.6 is 0 Å². The minimum atomic E-state index is -0.410. The molecule has 1 aromatic heterocycles. The molecule has 9 nitrogen and oxygen atoms in total. The van der Waals surface area contributed by atoms with Crippen molar-refractivity contribution in [2.45, 2.75) is 6.92 Å². The maximum atomic E-state index is 12.8. The monoisotopic (exact) mass is 408 g/mol. The van der Waals surface area contributed by atoms with Gasteiger partial charge in [0.15, 0.2) is 0 Å². The first-order valence-electron chi connectivity index (χ1n) is 9.86. The Kier molecular flexibility index (Phi) is 5.11. The number of anilines is 2. The van der Waals surface area contributed by atoms with Crippen molar-refractivity contribution in [3.63, 3.8) is 0 Å². The summed E-state index contributed by atoms with van der Waals surface area (Å²) in [4.78, 5) is 53.5. The molecule has 2 aliphatic heterocycles. The van der Waals surface area contributed by atoms with Crippen molar-refractivity contribution in [1.29, 1.82) is 0 Å². The van der Waals surface area contributed by atoms with Gasteiger partial charge in [-0.05, 0) is 19.1 Å². The molecule has 3 amide bonds. The van der Waals surface area contributed by atoms with Gasteiger partial charge < -0.3 is 14.7 Å². The highest BCUT2D eigenvalue weighted by atomic mass is 16.2. The van der Waals surface area contributed by atoms with Crippen molar-refractivity contribution < 1.29 is 14.4 Å². The molecule has 1 saturated heterocycles. The average molecular weight is 408 g/mol. The van der Waals surface area contributed by atoms with Crippen LogP contribution in [0.4, 0.5) is 11.8 Å². The molecular weight excluding hydrogens is 384 g/mol. The predicted octanol–water partition coefficient (Wildman–Crippen LogP) is 0.796. The molecule has 1 fully saturated rings. The van der Waals surface area contributed by atoms with Crippen LogP contribution in [0, 0.1) is 6.92 Å². The van der Waals surface area contributed by atoms with Gasteiger partial charge in [0.05, 0.1) is 11.1 Å². The number of nitrogens with zero attached hydrogens (tertiary/aromatic N) is 6. The second kappa shape index (κ2) is 7.74. The van der Waals surface area contributed by atoms with E-state index in [2.05, 4.69) is 9.97 Å². The van der Waals surface area contributed by atoms with Gasteiger partial charge in [-0.25, -0.2) is 4.98 Å². The second-order valence-corrected chi connectivity index (χ2v) is 7.67. The number of carbonyl (C=O) groups excluding carboxylic acids is 3. The van der Waals surface area contributed by atoms with Crippen molar-refractivity contribution in [3.8, 4) is 0 Å². The molecular formula is C21H24N6O3. The van der Waals surface area contributed by atoms with Crippen LogP contribution in [0.1, 0.15) is 26.4 Å². The highest BCUT2D eigenvalue weighted by molar-refractivity contribution is 6.22. The predicted molar refractivity (Wildman–Crippen MR) is 112 cm³/mol. The van der Waals surface area contributed by atoms with Crippen LogP contribution in [0.5, 0.6) is 0 Å². The molecule has 0 bridgehead atoms. The second-order valence-electron chi connectivity index (χ2n) is 7.67. The minimum absolute atomic E-state index is 0.233. The van der Waals surface area contributed by atoms with E-state index in [-0.39, 0.29) is 12.5 Å². The number of fused-ring (bicyclic) bond motifs is 1. The molecule has 2 aromatic rings. The van der Waals surface area contributed by atoms with E-state index < -0.39 is 11.8 Å². The van der Waals surface area contributed by atoms with Gasteiger partial charge in [0, 0.05) is 52.0 Å². The van der Waals surface area contributed by atoms with E-state index in [9.17, 15) is 14.4 Å². The summed E-state index contributed by atoms with van der Waals surface area (Å²) in [5, 5.41) is 0. The Hall–Kier alpha value is -3.49. The van der Waals surface area contributed by atoms with Crippen molar-refractivity contribution in [2.24, 2.45) is 0 Å². The zero-order valence-electron chi connectivity index (χ0n) is 17.3. The van der Waals surface area contributed by atoms with Gasteiger partial charge in [0.2, 0.25) is 11.9 Å². The Morgan fingerprint density at radius 1 is 1.00 bits per heavy atom. The van der Waals surface area contributed by atoms with Crippen molar-refractivity contribution in [3.05, 3.63) is 47.2 Å². The van der Waals surface area contributed by atoms with E-state index in [4.69, 9.17) is 0 Å². The largest absolute Gasteiger partial charge is 0.363 e. The molecule has 2 aliphatic rings. The number of hydrogen-bond acceptors (Lipinski definition) is 7. The summed E-state index contributed by atoms with van der Waals surface area (Å²) in [6.45, 7) is 3.83. The fourth-order valence-electron chi connectivity index (χ4n) is 3.68. The lowest BCUT2D eigenvalue weighted by atomic mass is 10.1. The van der Waals surface area contributed by atoms with Crippen LogP contribution in [-0.4, -0.2) is 84.3 Å². The van der Waals surface area contributed by atoms with Gasteiger partial charge in [0.1, 0.15) is 12.4 Å². The smallest absolute Gasteiger partial charge is 0.262 e. The van der Waals surface area contributed by atoms with Crippen molar-refractivity contribution >= 4 is 29.5 Å². The fraction of sp³-hybridized carbons (Fsp3) is 0.381. The van der Waals surface area contributed by atoms with Crippen molar-refractivity contribution in [1.82, 2.24) is 19.8 Å². The number of imide groups is 1. The summed E-state index contributed by atoms with van der Waals surface area (Å²) < 4.78 is 0. The summed E-state index contributed by atoms with van der Waals surface area (Å²) in [6, 6.07) is 8.57. The SMILES string of the molecule is Cc1cc(N(C)C)nc(N2CCN(C(=O)CN3C(=O)c4ccccc4C3=O)CC2)n1. The number of hydrogen-bond donors (Lipinski definition) is 0. The third-order valence-electron chi connectivity index (χ3n) is 5.37. The molecule has 30 heavy (non-hydrogen) atoms. The van der Waals surface area contributed by atoms with Gasteiger partial charge in [0.25, 0.3) is 11.8 Å². The van der Waals surface area contributed by atoms with Crippen LogP contribution < -0.4 is 9.80 Å². The number of rotatable bonds is 4. The molecule has 1 aromatic carbocycles. The quantitative estimate of drug-likeness (QED) is 0.691. The highest BCUT2D eigenvalue weighted by Crippen LogP contribution is 2.23. The molecule has 0 N–H and O–H groups in total. The van der Waals surface area contributed by atoms with E-state index in [0.29, 0.717) is 43.3 Å². The molecule has 156 valence electrons. The first-order valence-corrected chi connectivity index (χ1v) is 9.86. The molecule has 0 atom stereocenters. The summed E-state index contributed by atoms with van der Waals surface area (Å²) >= 11 is 0. The van der Waals surface area contributed by atoms with Gasteiger partial charge in [-0.3, -0.25) is 19.3 Å². The number of aryl methyl sites for hydroxylation is 1. The van der Waals surface area contributed by atoms with Crippen LogP contribution in [0.3, 0.4) is 0 Å². The standard InChI is InChI=1S/C21H24N6O3/c1-14-12-17(24(2)3)23-21(22-14)26-10-8-25(9-11-26)18(28)13-27-19(29)15-6-4-5-7-16(15)20(27)30/h4-7,12H,8-11,13H2,1-3H3. The third-order valence-corrected chi connectivity index (χ3v) is 5.37. The molecule has 0 radical (unpaired) electrons. The molecule has 0 spiro atoms. The third kappa shape index (κ3) is 3.58. The summed E-state index contributed by atoms with van der Waals surface area (Å²) in [7, 11) is 3.86. The van der Waals surface area contributed by atoms with Gasteiger partial charge >= 0.3 is 0 Å². The average Bonchev–Trinajstić information content (AvgIpc) is 2.98. The summed E-state index contributed by atoms with van der Waals surface area (Å²) in [5.41, 5.74) is 1.59. The van der Waals surface area contributed by atoms with Crippen LogP contribution in [0.15, 0.2) is 30.3 Å². The van der Waals surface area contributed by atoms with E-state index in [1.54, 1.807) is 29.2 Å². The Balaban J connectivity index is 1.39. The molecule has 0 aliphatic carbocycles. The number of piperazine rings is 1.